The fraction of sp³-hybridized carbons (Fsp3) is 0.393. The molecular weight excluding hydrogens is 516 g/mol. The normalized spacial score (nSPS) is 17.6. The first-order chi connectivity index (χ1) is 19.1. The number of anilines is 2. The van der Waals surface area contributed by atoms with Crippen LogP contribution in [0.3, 0.4) is 0 Å². The predicted octanol–water partition coefficient (Wildman–Crippen LogP) is 3.32. The highest BCUT2D eigenvalue weighted by Gasteiger charge is 2.34. The summed E-state index contributed by atoms with van der Waals surface area (Å²) in [4.78, 5) is 46.3. The summed E-state index contributed by atoms with van der Waals surface area (Å²) in [5.41, 5.74) is 2.17. The molecule has 0 saturated heterocycles. The third-order valence-electron chi connectivity index (χ3n) is 6.93. The summed E-state index contributed by atoms with van der Waals surface area (Å²) in [5, 5.41) is 19.4. The molecular formula is C28H34N6O6. The van der Waals surface area contributed by atoms with Crippen LogP contribution in [-0.2, 0) is 0 Å². The van der Waals surface area contributed by atoms with Gasteiger partial charge in [0, 0.05) is 43.2 Å². The number of nitrogens with zero attached hydrogens (tertiary/aromatic N) is 4. The van der Waals surface area contributed by atoms with Gasteiger partial charge in [0.25, 0.3) is 11.8 Å². The monoisotopic (exact) mass is 550 g/mol. The smallest absolute Gasteiger partial charge is 0.321 e. The molecule has 4 rings (SSSR count). The third kappa shape index (κ3) is 6.23. The molecule has 40 heavy (non-hydrogen) atoms. The number of benzene rings is 1. The van der Waals surface area contributed by atoms with Gasteiger partial charge in [0.15, 0.2) is 5.76 Å². The summed E-state index contributed by atoms with van der Waals surface area (Å²) < 4.78 is 11.5. The highest BCUT2D eigenvalue weighted by molar-refractivity contribution is 6.05. The molecule has 1 aliphatic heterocycles. The summed E-state index contributed by atoms with van der Waals surface area (Å²) in [7, 11) is 1.65. The van der Waals surface area contributed by atoms with Crippen molar-refractivity contribution in [3.63, 3.8) is 0 Å². The molecule has 0 aliphatic carbocycles. The molecule has 0 saturated carbocycles. The minimum atomic E-state index is -0.488. The topological polar surface area (TPSA) is 150 Å². The Bertz CT molecular complexity index is 1360. The number of ether oxygens (including phenoxy) is 1. The van der Waals surface area contributed by atoms with E-state index in [1.54, 1.807) is 63.1 Å². The van der Waals surface area contributed by atoms with Crippen LogP contribution in [0.1, 0.15) is 46.0 Å². The molecule has 3 N–H and O–H groups in total. The maximum absolute atomic E-state index is 13.6. The lowest BCUT2D eigenvalue weighted by Gasteiger charge is -2.38. The molecule has 0 fully saturated rings. The molecule has 2 aromatic heterocycles. The fourth-order valence-corrected chi connectivity index (χ4v) is 4.44. The summed E-state index contributed by atoms with van der Waals surface area (Å²) in [5.74, 6) is -0.0433. The third-order valence-corrected chi connectivity index (χ3v) is 6.93. The van der Waals surface area contributed by atoms with Gasteiger partial charge in [-0.1, -0.05) is 12.1 Å². The first-order valence-electron chi connectivity index (χ1n) is 13.0. The second-order valence-electron chi connectivity index (χ2n) is 10.0. The van der Waals surface area contributed by atoms with Gasteiger partial charge in [-0.15, -0.1) is 0 Å². The molecule has 4 amide bonds. The predicted molar refractivity (Wildman–Crippen MR) is 147 cm³/mol. The van der Waals surface area contributed by atoms with Crippen LogP contribution < -0.4 is 15.4 Å². The van der Waals surface area contributed by atoms with Gasteiger partial charge in [0.05, 0.1) is 24.8 Å². The first-order valence-corrected chi connectivity index (χ1v) is 13.0. The van der Waals surface area contributed by atoms with E-state index >= 15 is 0 Å². The van der Waals surface area contributed by atoms with Gasteiger partial charge >= 0.3 is 6.03 Å². The van der Waals surface area contributed by atoms with Gasteiger partial charge in [0.2, 0.25) is 0 Å². The van der Waals surface area contributed by atoms with Crippen molar-refractivity contribution < 1.29 is 28.8 Å². The SMILES string of the molecule is Cc1noc(C)c1NC(=O)N(C)C[C@@H]1Oc2ccc(NC(=O)c3ccncc3)cc2C(=O)N([C@@H](C)CO)C[C@@H]1C. The van der Waals surface area contributed by atoms with Gasteiger partial charge < -0.3 is 34.8 Å². The number of aliphatic hydroxyl groups is 1. The Morgan fingerprint density at radius 2 is 1.93 bits per heavy atom. The van der Waals surface area contributed by atoms with Crippen molar-refractivity contribution in [1.29, 1.82) is 0 Å². The summed E-state index contributed by atoms with van der Waals surface area (Å²) in [6, 6.07) is 7.21. The van der Waals surface area contributed by atoms with E-state index in [2.05, 4.69) is 20.8 Å². The van der Waals surface area contributed by atoms with Crippen LogP contribution in [0.25, 0.3) is 0 Å². The van der Waals surface area contributed by atoms with Gasteiger partial charge in [-0.3, -0.25) is 14.6 Å². The standard InChI is InChI=1S/C28H34N6O6/c1-16-13-34(17(2)15-35)27(37)22-12-21(30-26(36)20-8-10-29-11-9-20)6-7-23(22)39-24(16)14-33(5)28(38)31-25-18(3)32-40-19(25)4/h6-12,16-17,24,35H,13-15H2,1-5H3,(H,30,36)(H,31,38)/t16-,17-,24-/m0/s1. The lowest BCUT2D eigenvalue weighted by Crippen LogP contribution is -2.50. The second kappa shape index (κ2) is 12.2. The number of hydrogen-bond acceptors (Lipinski definition) is 8. The number of aliphatic hydroxyl groups excluding tert-OH is 1. The van der Waals surface area contributed by atoms with Crippen LogP contribution in [-0.4, -0.2) is 81.8 Å². The zero-order valence-electron chi connectivity index (χ0n) is 23.2. The molecule has 3 atom stereocenters. The highest BCUT2D eigenvalue weighted by atomic mass is 16.5. The second-order valence-corrected chi connectivity index (χ2v) is 10.0. The Morgan fingerprint density at radius 1 is 1.20 bits per heavy atom. The van der Waals surface area contributed by atoms with Crippen LogP contribution in [0.5, 0.6) is 5.75 Å². The zero-order valence-corrected chi connectivity index (χ0v) is 23.2. The number of pyridine rings is 1. The molecule has 3 aromatic rings. The Labute approximate surface area is 232 Å². The first kappa shape index (κ1) is 28.6. The van der Waals surface area contributed by atoms with Crippen molar-refractivity contribution in [2.45, 2.75) is 39.8 Å². The number of amides is 4. The Kier molecular flexibility index (Phi) is 8.68. The van der Waals surface area contributed by atoms with Crippen molar-refractivity contribution in [1.82, 2.24) is 19.9 Å². The molecule has 0 unspecified atom stereocenters. The molecule has 3 heterocycles. The van der Waals surface area contributed by atoms with Crippen LogP contribution >= 0.6 is 0 Å². The number of aryl methyl sites for hydroxylation is 2. The van der Waals surface area contributed by atoms with Crippen LogP contribution in [0, 0.1) is 19.8 Å². The van der Waals surface area contributed by atoms with E-state index in [-0.39, 0.29) is 49.0 Å². The molecule has 12 nitrogen and oxygen atoms in total. The van der Waals surface area contributed by atoms with E-state index in [1.165, 1.54) is 17.3 Å². The number of carbonyl (C=O) groups is 3. The minimum absolute atomic E-state index is 0.188. The Balaban J connectivity index is 1.59. The van der Waals surface area contributed by atoms with E-state index in [4.69, 9.17) is 9.26 Å². The molecule has 0 bridgehead atoms. The van der Waals surface area contributed by atoms with Crippen molar-refractivity contribution in [3.8, 4) is 5.75 Å². The minimum Gasteiger partial charge on any atom is -0.487 e. The number of hydrogen-bond donors (Lipinski definition) is 3. The van der Waals surface area contributed by atoms with E-state index in [1.807, 2.05) is 6.92 Å². The van der Waals surface area contributed by atoms with Gasteiger partial charge in [0.1, 0.15) is 23.2 Å². The average molecular weight is 551 g/mol. The number of aromatic nitrogens is 2. The van der Waals surface area contributed by atoms with Gasteiger partial charge in [-0.05, 0) is 51.1 Å². The number of rotatable bonds is 7. The summed E-state index contributed by atoms with van der Waals surface area (Å²) >= 11 is 0. The lowest BCUT2D eigenvalue weighted by molar-refractivity contribution is 0.0371. The van der Waals surface area contributed by atoms with Crippen molar-refractivity contribution in [2.24, 2.45) is 5.92 Å². The van der Waals surface area contributed by atoms with E-state index < -0.39 is 12.1 Å². The quantitative estimate of drug-likeness (QED) is 0.405. The maximum atomic E-state index is 13.6. The average Bonchev–Trinajstić information content (AvgIpc) is 3.27. The number of fused-ring (bicyclic) bond motifs is 1. The van der Waals surface area contributed by atoms with Crippen LogP contribution in [0.2, 0.25) is 0 Å². The zero-order chi connectivity index (χ0) is 29.0. The van der Waals surface area contributed by atoms with Crippen molar-refractivity contribution >= 4 is 29.2 Å². The Hall–Kier alpha value is -4.45. The van der Waals surface area contributed by atoms with Crippen LogP contribution in [0.15, 0.2) is 47.2 Å². The Morgan fingerprint density at radius 3 is 2.58 bits per heavy atom. The van der Waals surface area contributed by atoms with E-state index in [9.17, 15) is 19.5 Å². The van der Waals surface area contributed by atoms with Gasteiger partial charge in [-0.25, -0.2) is 4.79 Å². The molecule has 212 valence electrons. The fourth-order valence-electron chi connectivity index (χ4n) is 4.44. The maximum Gasteiger partial charge on any atom is 0.321 e. The lowest BCUT2D eigenvalue weighted by atomic mass is 9.99. The van der Waals surface area contributed by atoms with E-state index in [0.29, 0.717) is 34.1 Å². The number of urea groups is 1. The van der Waals surface area contributed by atoms with Crippen LogP contribution in [0.4, 0.5) is 16.2 Å². The van der Waals surface area contributed by atoms with Crippen molar-refractivity contribution in [3.05, 3.63) is 65.3 Å². The molecule has 12 heteroatoms. The number of likely N-dealkylation sites (N-methyl/N-ethyl adjacent to an activating group) is 1. The summed E-state index contributed by atoms with van der Waals surface area (Å²) in [6.45, 7) is 7.43. The van der Waals surface area contributed by atoms with Crippen molar-refractivity contribution in [2.75, 3.05) is 37.4 Å². The molecule has 0 spiro atoms. The largest absolute Gasteiger partial charge is 0.487 e. The summed E-state index contributed by atoms with van der Waals surface area (Å²) in [6.07, 6.45) is 2.56. The molecule has 1 aliphatic rings. The number of nitrogens with one attached hydrogen (secondary N) is 2. The molecule has 0 radical (unpaired) electrons. The van der Waals surface area contributed by atoms with Gasteiger partial charge in [-0.2, -0.15) is 0 Å². The number of carbonyl (C=O) groups excluding carboxylic acids is 3. The van der Waals surface area contributed by atoms with E-state index in [0.717, 1.165) is 0 Å². The molecule has 1 aromatic carbocycles. The highest BCUT2D eigenvalue weighted by Crippen LogP contribution is 2.31.